The Hall–Kier alpha value is -1.36. The van der Waals surface area contributed by atoms with Gasteiger partial charge in [-0.2, -0.15) is 0 Å². The third kappa shape index (κ3) is 2.87. The fourth-order valence-corrected chi connectivity index (χ4v) is 0.799. The van der Waals surface area contributed by atoms with Crippen molar-refractivity contribution in [3.05, 3.63) is 17.5 Å². The van der Waals surface area contributed by atoms with Crippen LogP contribution in [0.5, 0.6) is 0 Å². The molecule has 0 unspecified atom stereocenters. The number of carboxylic acid groups (broad SMARTS) is 1. The van der Waals surface area contributed by atoms with Gasteiger partial charge in [-0.1, -0.05) is 12.1 Å². The minimum absolute atomic E-state index is 0.0879. The predicted octanol–water partition coefficient (Wildman–Crippen LogP) is 1.30. The maximum Gasteiger partial charge on any atom is 0.358 e. The van der Waals surface area contributed by atoms with E-state index in [1.807, 2.05) is 6.92 Å². The van der Waals surface area contributed by atoms with Crippen LogP contribution in [0.2, 0.25) is 0 Å². The number of hydrogen-bond donors (Lipinski definition) is 1. The first-order valence-corrected chi connectivity index (χ1v) is 4.00. The van der Waals surface area contributed by atoms with Gasteiger partial charge in [-0.3, -0.25) is 0 Å². The lowest BCUT2D eigenvalue weighted by Gasteiger charge is -1.95. The van der Waals surface area contributed by atoms with E-state index in [0.29, 0.717) is 12.4 Å². The molecular weight excluding hydrogens is 174 g/mol. The summed E-state index contributed by atoms with van der Waals surface area (Å²) >= 11 is 0. The highest BCUT2D eigenvalue weighted by Crippen LogP contribution is 2.04. The molecule has 1 N–H and O–H groups in total. The third-order valence-corrected chi connectivity index (χ3v) is 1.37. The van der Waals surface area contributed by atoms with E-state index in [-0.39, 0.29) is 12.3 Å². The van der Waals surface area contributed by atoms with Gasteiger partial charge in [-0.25, -0.2) is 4.79 Å². The SMILES string of the molecule is CCCOCc1cc(C(=O)O)no1. The zero-order valence-corrected chi connectivity index (χ0v) is 7.32. The lowest BCUT2D eigenvalue weighted by atomic mass is 10.4. The van der Waals surface area contributed by atoms with Gasteiger partial charge in [0.25, 0.3) is 0 Å². The number of carbonyl (C=O) groups is 1. The van der Waals surface area contributed by atoms with Crippen LogP contribution in [0.15, 0.2) is 10.6 Å². The number of nitrogens with zero attached hydrogens (tertiary/aromatic N) is 1. The van der Waals surface area contributed by atoms with Crippen molar-refractivity contribution in [2.75, 3.05) is 6.61 Å². The van der Waals surface area contributed by atoms with Gasteiger partial charge in [0.2, 0.25) is 0 Å². The van der Waals surface area contributed by atoms with Crippen molar-refractivity contribution in [2.24, 2.45) is 0 Å². The molecule has 1 aromatic heterocycles. The Morgan fingerprint density at radius 1 is 1.77 bits per heavy atom. The van der Waals surface area contributed by atoms with Crippen molar-refractivity contribution >= 4 is 5.97 Å². The number of hydrogen-bond acceptors (Lipinski definition) is 4. The molecule has 0 aliphatic heterocycles. The molecule has 13 heavy (non-hydrogen) atoms. The molecule has 0 fully saturated rings. The van der Waals surface area contributed by atoms with Gasteiger partial charge in [0.05, 0.1) is 0 Å². The summed E-state index contributed by atoms with van der Waals surface area (Å²) in [6.07, 6.45) is 0.917. The highest BCUT2D eigenvalue weighted by molar-refractivity contribution is 5.85. The van der Waals surface area contributed by atoms with E-state index >= 15 is 0 Å². The van der Waals surface area contributed by atoms with Gasteiger partial charge in [0.1, 0.15) is 6.61 Å². The van der Waals surface area contributed by atoms with Crippen molar-refractivity contribution in [2.45, 2.75) is 20.0 Å². The molecule has 1 aromatic rings. The van der Waals surface area contributed by atoms with E-state index in [1.54, 1.807) is 0 Å². The fourth-order valence-electron chi connectivity index (χ4n) is 0.799. The quantitative estimate of drug-likeness (QED) is 0.700. The second-order valence-corrected chi connectivity index (χ2v) is 2.54. The summed E-state index contributed by atoms with van der Waals surface area (Å²) in [5.41, 5.74) is -0.0879. The summed E-state index contributed by atoms with van der Waals surface area (Å²) in [6, 6.07) is 1.36. The zero-order valence-electron chi connectivity index (χ0n) is 7.32. The molecule has 72 valence electrons. The monoisotopic (exact) mass is 185 g/mol. The Bertz CT molecular complexity index is 281. The Labute approximate surface area is 75.3 Å². The standard InChI is InChI=1S/C8H11NO4/c1-2-3-12-5-6-4-7(8(10)11)9-13-6/h4H,2-3,5H2,1H3,(H,10,11). The van der Waals surface area contributed by atoms with E-state index in [1.165, 1.54) is 6.07 Å². The van der Waals surface area contributed by atoms with Gasteiger partial charge in [-0.15, -0.1) is 0 Å². The minimum Gasteiger partial charge on any atom is -0.476 e. The van der Waals surface area contributed by atoms with Gasteiger partial charge in [0.15, 0.2) is 11.5 Å². The number of rotatable bonds is 5. The Morgan fingerprint density at radius 2 is 2.54 bits per heavy atom. The smallest absolute Gasteiger partial charge is 0.358 e. The van der Waals surface area contributed by atoms with Crippen LogP contribution in [0, 0.1) is 0 Å². The molecule has 5 nitrogen and oxygen atoms in total. The van der Waals surface area contributed by atoms with E-state index in [9.17, 15) is 4.79 Å². The lowest BCUT2D eigenvalue weighted by molar-refractivity contribution is 0.0684. The molecule has 0 saturated heterocycles. The first kappa shape index (κ1) is 9.73. The first-order valence-electron chi connectivity index (χ1n) is 4.00. The van der Waals surface area contributed by atoms with Gasteiger partial charge in [0, 0.05) is 12.7 Å². The third-order valence-electron chi connectivity index (χ3n) is 1.37. The predicted molar refractivity (Wildman–Crippen MR) is 43.4 cm³/mol. The molecule has 0 aliphatic rings. The number of ether oxygens (including phenoxy) is 1. The van der Waals surface area contributed by atoms with E-state index in [0.717, 1.165) is 6.42 Å². The Morgan fingerprint density at radius 3 is 3.08 bits per heavy atom. The second-order valence-electron chi connectivity index (χ2n) is 2.54. The lowest BCUT2D eigenvalue weighted by Crippen LogP contribution is -1.95. The van der Waals surface area contributed by atoms with Crippen molar-refractivity contribution in [3.8, 4) is 0 Å². The van der Waals surface area contributed by atoms with Crippen LogP contribution in [-0.4, -0.2) is 22.8 Å². The fraction of sp³-hybridized carbons (Fsp3) is 0.500. The highest BCUT2D eigenvalue weighted by Gasteiger charge is 2.09. The second kappa shape index (κ2) is 4.61. The van der Waals surface area contributed by atoms with Crippen LogP contribution in [-0.2, 0) is 11.3 Å². The molecule has 1 rings (SSSR count). The van der Waals surface area contributed by atoms with E-state index < -0.39 is 5.97 Å². The van der Waals surface area contributed by atoms with Crippen molar-refractivity contribution in [1.29, 1.82) is 0 Å². The topological polar surface area (TPSA) is 72.6 Å². The molecule has 0 amide bonds. The van der Waals surface area contributed by atoms with Crippen molar-refractivity contribution < 1.29 is 19.2 Å². The van der Waals surface area contributed by atoms with E-state index in [2.05, 4.69) is 5.16 Å². The number of aromatic carboxylic acids is 1. The summed E-state index contributed by atoms with van der Waals surface area (Å²) < 4.78 is 9.85. The molecular formula is C8H11NO4. The number of aromatic nitrogens is 1. The summed E-state index contributed by atoms with van der Waals surface area (Å²) in [5, 5.41) is 11.8. The van der Waals surface area contributed by atoms with Gasteiger partial charge >= 0.3 is 5.97 Å². The average Bonchev–Trinajstić information content (AvgIpc) is 2.53. The molecule has 0 saturated carbocycles. The maximum atomic E-state index is 10.4. The van der Waals surface area contributed by atoms with Crippen LogP contribution in [0.1, 0.15) is 29.6 Å². The van der Waals surface area contributed by atoms with Crippen LogP contribution in [0.25, 0.3) is 0 Å². The zero-order chi connectivity index (χ0) is 9.68. The minimum atomic E-state index is -1.09. The molecule has 0 aliphatic carbocycles. The molecule has 0 atom stereocenters. The number of carboxylic acids is 1. The molecule has 0 bridgehead atoms. The largest absolute Gasteiger partial charge is 0.476 e. The molecule has 0 radical (unpaired) electrons. The normalized spacial score (nSPS) is 10.2. The van der Waals surface area contributed by atoms with Crippen LogP contribution in [0.3, 0.4) is 0 Å². The van der Waals surface area contributed by atoms with Crippen LogP contribution >= 0.6 is 0 Å². The van der Waals surface area contributed by atoms with Crippen molar-refractivity contribution in [3.63, 3.8) is 0 Å². The maximum absolute atomic E-state index is 10.4. The average molecular weight is 185 g/mol. The van der Waals surface area contributed by atoms with Crippen LogP contribution in [0.4, 0.5) is 0 Å². The highest BCUT2D eigenvalue weighted by atomic mass is 16.5. The summed E-state index contributed by atoms with van der Waals surface area (Å²) in [5.74, 6) is -0.656. The van der Waals surface area contributed by atoms with Crippen molar-refractivity contribution in [1.82, 2.24) is 5.16 Å². The first-order chi connectivity index (χ1) is 6.24. The molecule has 0 aromatic carbocycles. The summed E-state index contributed by atoms with van der Waals surface area (Å²) in [4.78, 5) is 10.4. The molecule has 1 heterocycles. The van der Waals surface area contributed by atoms with Gasteiger partial charge < -0.3 is 14.4 Å². The molecule has 5 heteroatoms. The Balaban J connectivity index is 2.44. The van der Waals surface area contributed by atoms with Gasteiger partial charge in [-0.05, 0) is 6.42 Å². The van der Waals surface area contributed by atoms with E-state index in [4.69, 9.17) is 14.4 Å². The van der Waals surface area contributed by atoms with Crippen LogP contribution < -0.4 is 0 Å². The Kier molecular flexibility index (Phi) is 3.45. The summed E-state index contributed by atoms with van der Waals surface area (Å²) in [7, 11) is 0. The molecule has 0 spiro atoms. The summed E-state index contributed by atoms with van der Waals surface area (Å²) in [6.45, 7) is 2.89.